The zero-order valence-electron chi connectivity index (χ0n) is 15.0. The lowest BCUT2D eigenvalue weighted by atomic mass is 10.1. The molecule has 7 heteroatoms. The molecule has 0 saturated heterocycles. The Hall–Kier alpha value is -3.74. The molecule has 2 aromatic carbocycles. The SMILES string of the molecule is C=CC(=O)Nc1ccc2c(c1)c(-c1ccco1)cn2-c1ccc(C(F)(F)F)cc1. The number of nitrogens with one attached hydrogen (secondary N) is 1. The number of carbonyl (C=O) groups is 1. The minimum Gasteiger partial charge on any atom is -0.464 e. The summed E-state index contributed by atoms with van der Waals surface area (Å²) < 4.78 is 45.9. The molecule has 0 atom stereocenters. The number of anilines is 1. The third-order valence-electron chi connectivity index (χ3n) is 4.52. The maximum atomic E-state index is 12.9. The van der Waals surface area contributed by atoms with E-state index >= 15 is 0 Å². The molecule has 0 unspecified atom stereocenters. The minimum atomic E-state index is -4.39. The molecule has 4 rings (SSSR count). The molecule has 0 aliphatic rings. The van der Waals surface area contributed by atoms with E-state index in [4.69, 9.17) is 4.42 Å². The Bertz CT molecular complexity index is 1190. The maximum absolute atomic E-state index is 12.9. The number of alkyl halides is 3. The fraction of sp³-hybridized carbons (Fsp3) is 0.0455. The predicted molar refractivity (Wildman–Crippen MR) is 105 cm³/mol. The van der Waals surface area contributed by atoms with Gasteiger partial charge in [-0.3, -0.25) is 4.79 Å². The molecule has 0 bridgehead atoms. The van der Waals surface area contributed by atoms with E-state index in [2.05, 4.69) is 11.9 Å². The van der Waals surface area contributed by atoms with Crippen LogP contribution in [0.25, 0.3) is 27.9 Å². The van der Waals surface area contributed by atoms with E-state index in [0.29, 0.717) is 17.1 Å². The van der Waals surface area contributed by atoms with E-state index in [9.17, 15) is 18.0 Å². The van der Waals surface area contributed by atoms with Gasteiger partial charge in [-0.1, -0.05) is 6.58 Å². The van der Waals surface area contributed by atoms with Crippen LogP contribution in [-0.2, 0) is 11.0 Å². The van der Waals surface area contributed by atoms with Gasteiger partial charge in [-0.25, -0.2) is 0 Å². The summed E-state index contributed by atoms with van der Waals surface area (Å²) in [6, 6.07) is 13.8. The summed E-state index contributed by atoms with van der Waals surface area (Å²) in [4.78, 5) is 11.6. The topological polar surface area (TPSA) is 47.2 Å². The van der Waals surface area contributed by atoms with Crippen molar-refractivity contribution in [2.24, 2.45) is 0 Å². The predicted octanol–water partition coefficient (Wildman–Crippen LogP) is 6.03. The molecule has 2 aromatic heterocycles. The van der Waals surface area contributed by atoms with Crippen molar-refractivity contribution in [2.75, 3.05) is 5.32 Å². The smallest absolute Gasteiger partial charge is 0.416 e. The highest BCUT2D eigenvalue weighted by Gasteiger charge is 2.30. The summed E-state index contributed by atoms with van der Waals surface area (Å²) in [6.07, 6.45) is 0.116. The van der Waals surface area contributed by atoms with E-state index in [1.54, 1.807) is 47.4 Å². The average Bonchev–Trinajstić information content (AvgIpc) is 3.35. The van der Waals surface area contributed by atoms with Gasteiger partial charge in [-0.2, -0.15) is 13.2 Å². The summed E-state index contributed by atoms with van der Waals surface area (Å²) in [6.45, 7) is 3.43. The molecule has 146 valence electrons. The second-order valence-corrected chi connectivity index (χ2v) is 6.36. The Morgan fingerprint density at radius 1 is 1.10 bits per heavy atom. The van der Waals surface area contributed by atoms with Gasteiger partial charge in [0, 0.05) is 28.5 Å². The number of halogens is 3. The second-order valence-electron chi connectivity index (χ2n) is 6.36. The van der Waals surface area contributed by atoms with E-state index < -0.39 is 11.7 Å². The number of hydrogen-bond acceptors (Lipinski definition) is 2. The van der Waals surface area contributed by atoms with Gasteiger partial charge in [-0.05, 0) is 60.7 Å². The largest absolute Gasteiger partial charge is 0.464 e. The van der Waals surface area contributed by atoms with Gasteiger partial charge in [0.15, 0.2) is 0 Å². The van der Waals surface area contributed by atoms with Crippen molar-refractivity contribution in [3.05, 3.63) is 85.3 Å². The average molecular weight is 396 g/mol. The molecule has 2 heterocycles. The van der Waals surface area contributed by atoms with Crippen LogP contribution in [0.4, 0.5) is 18.9 Å². The van der Waals surface area contributed by atoms with Gasteiger partial charge in [-0.15, -0.1) is 0 Å². The van der Waals surface area contributed by atoms with Gasteiger partial charge in [0.2, 0.25) is 5.91 Å². The van der Waals surface area contributed by atoms with Crippen molar-refractivity contribution >= 4 is 22.5 Å². The first-order valence-electron chi connectivity index (χ1n) is 8.67. The van der Waals surface area contributed by atoms with Crippen molar-refractivity contribution in [1.29, 1.82) is 0 Å². The van der Waals surface area contributed by atoms with Crippen LogP contribution in [0.2, 0.25) is 0 Å². The number of benzene rings is 2. The summed E-state index contributed by atoms with van der Waals surface area (Å²) in [5.41, 5.74) is 1.94. The molecule has 0 aliphatic heterocycles. The fourth-order valence-electron chi connectivity index (χ4n) is 3.15. The molecule has 1 N–H and O–H groups in total. The van der Waals surface area contributed by atoms with Crippen LogP contribution in [0.3, 0.4) is 0 Å². The number of furan rings is 1. The van der Waals surface area contributed by atoms with Gasteiger partial charge in [0.05, 0.1) is 17.3 Å². The Morgan fingerprint density at radius 2 is 1.86 bits per heavy atom. The monoisotopic (exact) mass is 396 g/mol. The summed E-state index contributed by atoms with van der Waals surface area (Å²) >= 11 is 0. The third kappa shape index (κ3) is 3.54. The first kappa shape index (κ1) is 18.6. The van der Waals surface area contributed by atoms with Crippen molar-refractivity contribution in [3.63, 3.8) is 0 Å². The fourth-order valence-corrected chi connectivity index (χ4v) is 3.15. The molecule has 0 aliphatic carbocycles. The first-order chi connectivity index (χ1) is 13.9. The van der Waals surface area contributed by atoms with Crippen LogP contribution >= 0.6 is 0 Å². The standard InChI is InChI=1S/C22H15F3N2O2/c1-2-21(28)26-15-7-10-19-17(12-15)18(20-4-3-11-29-20)13-27(19)16-8-5-14(6-9-16)22(23,24)25/h2-13H,1H2,(H,26,28). The lowest BCUT2D eigenvalue weighted by Crippen LogP contribution is -2.07. The Morgan fingerprint density at radius 3 is 2.48 bits per heavy atom. The Kier molecular flexibility index (Phi) is 4.50. The van der Waals surface area contributed by atoms with Crippen LogP contribution < -0.4 is 5.32 Å². The van der Waals surface area contributed by atoms with Crippen LogP contribution in [0.1, 0.15) is 5.56 Å². The normalized spacial score (nSPS) is 11.6. The van der Waals surface area contributed by atoms with Gasteiger partial charge in [0.1, 0.15) is 5.76 Å². The number of rotatable bonds is 4. The number of nitrogens with zero attached hydrogens (tertiary/aromatic N) is 1. The van der Waals surface area contributed by atoms with Gasteiger partial charge < -0.3 is 14.3 Å². The molecular weight excluding hydrogens is 381 g/mol. The molecule has 0 spiro atoms. The van der Waals surface area contributed by atoms with E-state index in [0.717, 1.165) is 28.6 Å². The zero-order valence-corrected chi connectivity index (χ0v) is 15.0. The van der Waals surface area contributed by atoms with Gasteiger partial charge in [0.25, 0.3) is 0 Å². The highest BCUT2D eigenvalue weighted by atomic mass is 19.4. The van der Waals surface area contributed by atoms with E-state index in [-0.39, 0.29) is 5.91 Å². The number of fused-ring (bicyclic) bond motifs is 1. The summed E-state index contributed by atoms with van der Waals surface area (Å²) in [7, 11) is 0. The van der Waals surface area contributed by atoms with Crippen molar-refractivity contribution in [3.8, 4) is 17.0 Å². The molecule has 0 saturated carbocycles. The van der Waals surface area contributed by atoms with Crippen LogP contribution in [0.5, 0.6) is 0 Å². The number of amides is 1. The van der Waals surface area contributed by atoms with E-state index in [1.165, 1.54) is 18.2 Å². The summed E-state index contributed by atoms with van der Waals surface area (Å²) in [5.74, 6) is 0.263. The number of hydrogen-bond donors (Lipinski definition) is 1. The highest BCUT2D eigenvalue weighted by molar-refractivity contribution is 6.03. The third-order valence-corrected chi connectivity index (χ3v) is 4.52. The molecule has 29 heavy (non-hydrogen) atoms. The molecule has 4 aromatic rings. The lowest BCUT2D eigenvalue weighted by Gasteiger charge is -2.10. The lowest BCUT2D eigenvalue weighted by molar-refractivity contribution is -0.137. The molecule has 1 amide bonds. The van der Waals surface area contributed by atoms with Gasteiger partial charge >= 0.3 is 6.18 Å². The Labute approximate surface area is 163 Å². The van der Waals surface area contributed by atoms with Crippen molar-refractivity contribution in [1.82, 2.24) is 4.57 Å². The van der Waals surface area contributed by atoms with Crippen LogP contribution in [0, 0.1) is 0 Å². The number of aromatic nitrogens is 1. The second kappa shape index (κ2) is 7.01. The maximum Gasteiger partial charge on any atom is 0.416 e. The molecule has 0 radical (unpaired) electrons. The Balaban J connectivity index is 1.86. The first-order valence-corrected chi connectivity index (χ1v) is 8.67. The zero-order chi connectivity index (χ0) is 20.6. The molecule has 0 fully saturated rings. The molecular formula is C22H15F3N2O2. The summed E-state index contributed by atoms with van der Waals surface area (Å²) in [5, 5.41) is 3.49. The van der Waals surface area contributed by atoms with Crippen LogP contribution in [-0.4, -0.2) is 10.5 Å². The number of carbonyl (C=O) groups excluding carboxylic acids is 1. The van der Waals surface area contributed by atoms with E-state index in [1.807, 2.05) is 0 Å². The van der Waals surface area contributed by atoms with Crippen molar-refractivity contribution in [2.45, 2.75) is 6.18 Å². The van der Waals surface area contributed by atoms with Crippen molar-refractivity contribution < 1.29 is 22.4 Å². The van der Waals surface area contributed by atoms with Crippen LogP contribution in [0.15, 0.2) is 84.1 Å². The minimum absolute atomic E-state index is 0.342. The quantitative estimate of drug-likeness (QED) is 0.428. The molecule has 4 nitrogen and oxygen atoms in total. The highest BCUT2D eigenvalue weighted by Crippen LogP contribution is 2.35.